The van der Waals surface area contributed by atoms with E-state index in [4.69, 9.17) is 0 Å². The Bertz CT molecular complexity index is 1440. The predicted octanol–water partition coefficient (Wildman–Crippen LogP) is 2.03. The molecular formula is C24H20N4O5. The molecule has 0 spiro atoms. The first-order chi connectivity index (χ1) is 16.0. The lowest BCUT2D eigenvalue weighted by Crippen LogP contribution is -2.42. The van der Waals surface area contributed by atoms with Gasteiger partial charge in [-0.05, 0) is 42.0 Å². The van der Waals surface area contributed by atoms with Gasteiger partial charge in [0.25, 0.3) is 5.56 Å². The third-order valence-corrected chi connectivity index (χ3v) is 5.06. The lowest BCUT2D eigenvalue weighted by molar-refractivity contribution is -0.116. The van der Waals surface area contributed by atoms with Gasteiger partial charge in [0.1, 0.15) is 6.54 Å². The van der Waals surface area contributed by atoms with Gasteiger partial charge < -0.3 is 10.1 Å². The molecule has 0 atom stereocenters. The normalized spacial score (nSPS) is 10.7. The van der Waals surface area contributed by atoms with Crippen molar-refractivity contribution in [1.29, 1.82) is 0 Å². The molecule has 1 amide bonds. The minimum absolute atomic E-state index is 0.0572. The van der Waals surface area contributed by atoms with E-state index in [0.717, 1.165) is 10.1 Å². The Labute approximate surface area is 187 Å². The minimum Gasteiger partial charge on any atom is -0.465 e. The number of hydrogen-bond acceptors (Lipinski definition) is 6. The molecule has 0 saturated heterocycles. The summed E-state index contributed by atoms with van der Waals surface area (Å²) < 4.78 is 6.96. The van der Waals surface area contributed by atoms with E-state index in [2.05, 4.69) is 15.0 Å². The van der Waals surface area contributed by atoms with Crippen LogP contribution in [0.3, 0.4) is 0 Å². The van der Waals surface area contributed by atoms with Crippen LogP contribution in [0, 0.1) is 0 Å². The van der Waals surface area contributed by atoms with Crippen molar-refractivity contribution in [3.63, 3.8) is 0 Å². The Kier molecular flexibility index (Phi) is 6.12. The summed E-state index contributed by atoms with van der Waals surface area (Å²) in [7, 11) is 1.28. The molecule has 33 heavy (non-hydrogen) atoms. The van der Waals surface area contributed by atoms with Crippen molar-refractivity contribution in [1.82, 2.24) is 14.1 Å². The van der Waals surface area contributed by atoms with E-state index < -0.39 is 23.1 Å². The first kappa shape index (κ1) is 21.7. The summed E-state index contributed by atoms with van der Waals surface area (Å²) in [6.45, 7) is -0.267. The maximum absolute atomic E-state index is 13.2. The maximum Gasteiger partial charge on any atom is 0.337 e. The molecule has 9 heteroatoms. The number of benzene rings is 2. The summed E-state index contributed by atoms with van der Waals surface area (Å²) >= 11 is 0. The number of methoxy groups -OCH3 is 1. The van der Waals surface area contributed by atoms with Crippen molar-refractivity contribution >= 4 is 28.6 Å². The van der Waals surface area contributed by atoms with E-state index in [1.165, 1.54) is 30.0 Å². The molecule has 0 aliphatic heterocycles. The van der Waals surface area contributed by atoms with Gasteiger partial charge in [-0.1, -0.05) is 30.3 Å². The van der Waals surface area contributed by atoms with Gasteiger partial charge in [-0.3, -0.25) is 18.7 Å². The molecule has 2 heterocycles. The highest BCUT2D eigenvalue weighted by molar-refractivity contribution is 5.93. The quantitative estimate of drug-likeness (QED) is 0.456. The van der Waals surface area contributed by atoms with Crippen molar-refractivity contribution in [2.75, 3.05) is 12.4 Å². The van der Waals surface area contributed by atoms with Gasteiger partial charge in [-0.2, -0.15) is 0 Å². The molecule has 2 aromatic heterocycles. The molecule has 0 bridgehead atoms. The van der Waals surface area contributed by atoms with Crippen LogP contribution in [0.15, 0.2) is 82.5 Å². The third kappa shape index (κ3) is 4.57. The van der Waals surface area contributed by atoms with Crippen molar-refractivity contribution in [3.8, 4) is 0 Å². The highest BCUT2D eigenvalue weighted by Crippen LogP contribution is 2.11. The Hall–Kier alpha value is -4.53. The number of esters is 1. The summed E-state index contributed by atoms with van der Waals surface area (Å²) in [4.78, 5) is 54.6. The van der Waals surface area contributed by atoms with Crippen LogP contribution in [0.25, 0.3) is 11.0 Å². The molecule has 4 rings (SSSR count). The predicted molar refractivity (Wildman–Crippen MR) is 122 cm³/mol. The third-order valence-electron chi connectivity index (χ3n) is 5.06. The zero-order valence-electron chi connectivity index (χ0n) is 17.7. The Morgan fingerprint density at radius 3 is 2.36 bits per heavy atom. The van der Waals surface area contributed by atoms with E-state index in [1.807, 2.05) is 30.3 Å². The fraction of sp³-hybridized carbons (Fsp3) is 0.125. The summed E-state index contributed by atoms with van der Waals surface area (Å²) in [6, 6.07) is 18.4. The van der Waals surface area contributed by atoms with Crippen LogP contribution in [0.4, 0.5) is 5.69 Å². The van der Waals surface area contributed by atoms with Gasteiger partial charge in [-0.15, -0.1) is 0 Å². The monoisotopic (exact) mass is 444 g/mol. The number of ether oxygens (including phenoxy) is 1. The van der Waals surface area contributed by atoms with Crippen molar-refractivity contribution in [3.05, 3.63) is 105 Å². The molecule has 9 nitrogen and oxygen atoms in total. The smallest absolute Gasteiger partial charge is 0.337 e. The number of rotatable bonds is 6. The van der Waals surface area contributed by atoms with Crippen molar-refractivity contribution in [2.45, 2.75) is 13.1 Å². The van der Waals surface area contributed by atoms with E-state index in [0.29, 0.717) is 11.3 Å². The minimum atomic E-state index is -0.611. The maximum atomic E-state index is 13.2. The summed E-state index contributed by atoms with van der Waals surface area (Å²) in [5.41, 5.74) is 0.803. The van der Waals surface area contributed by atoms with Crippen LogP contribution in [-0.2, 0) is 22.6 Å². The first-order valence-electron chi connectivity index (χ1n) is 10.1. The number of pyridine rings is 1. The van der Waals surface area contributed by atoms with Crippen LogP contribution in [-0.4, -0.2) is 33.1 Å². The number of carbonyl (C=O) groups is 2. The number of amides is 1. The largest absolute Gasteiger partial charge is 0.465 e. The van der Waals surface area contributed by atoms with Gasteiger partial charge in [0.2, 0.25) is 5.91 Å². The van der Waals surface area contributed by atoms with Crippen LogP contribution in [0.1, 0.15) is 15.9 Å². The summed E-state index contributed by atoms with van der Waals surface area (Å²) in [5.74, 6) is -0.961. The van der Waals surface area contributed by atoms with Crippen LogP contribution >= 0.6 is 0 Å². The fourth-order valence-corrected chi connectivity index (χ4v) is 3.45. The summed E-state index contributed by atoms with van der Waals surface area (Å²) in [5, 5.41) is 2.69. The van der Waals surface area contributed by atoms with Gasteiger partial charge in [0.05, 0.1) is 24.7 Å². The van der Waals surface area contributed by atoms with Gasteiger partial charge in [0.15, 0.2) is 5.52 Å². The Morgan fingerprint density at radius 1 is 0.939 bits per heavy atom. The van der Waals surface area contributed by atoms with E-state index in [9.17, 15) is 19.2 Å². The molecule has 1 N–H and O–H groups in total. The Morgan fingerprint density at radius 2 is 1.67 bits per heavy atom. The number of hydrogen-bond donors (Lipinski definition) is 1. The average molecular weight is 444 g/mol. The molecule has 166 valence electrons. The average Bonchev–Trinajstić information content (AvgIpc) is 2.85. The fourth-order valence-electron chi connectivity index (χ4n) is 3.45. The van der Waals surface area contributed by atoms with Crippen LogP contribution in [0.5, 0.6) is 0 Å². The highest BCUT2D eigenvalue weighted by atomic mass is 16.5. The number of aromatic nitrogens is 3. The van der Waals surface area contributed by atoms with Gasteiger partial charge in [0, 0.05) is 11.9 Å². The molecule has 0 fully saturated rings. The van der Waals surface area contributed by atoms with Crippen molar-refractivity contribution in [2.24, 2.45) is 0 Å². The molecule has 0 radical (unpaired) electrons. The summed E-state index contributed by atoms with van der Waals surface area (Å²) in [6.07, 6.45) is 1.47. The highest BCUT2D eigenvalue weighted by Gasteiger charge is 2.16. The molecular weight excluding hydrogens is 424 g/mol. The Balaban J connectivity index is 1.67. The standard InChI is InChI=1S/C24H20N4O5/c1-33-23(31)17-9-11-18(12-10-17)26-20(29)15-27-19-8-5-13-25-21(19)22(30)28(24(27)32)14-16-6-3-2-4-7-16/h2-13H,14-15H2,1H3,(H,26,29). The second kappa shape index (κ2) is 9.31. The second-order valence-corrected chi connectivity index (χ2v) is 7.23. The van der Waals surface area contributed by atoms with Crippen LogP contribution < -0.4 is 16.6 Å². The zero-order valence-corrected chi connectivity index (χ0v) is 17.7. The van der Waals surface area contributed by atoms with E-state index >= 15 is 0 Å². The van der Waals surface area contributed by atoms with Gasteiger partial charge >= 0.3 is 11.7 Å². The SMILES string of the molecule is COC(=O)c1ccc(NC(=O)Cn2c(=O)n(Cc3ccccc3)c(=O)c3ncccc32)cc1. The molecule has 0 aliphatic rings. The molecule has 2 aromatic carbocycles. The van der Waals surface area contributed by atoms with Crippen LogP contribution in [0.2, 0.25) is 0 Å². The van der Waals surface area contributed by atoms with E-state index in [-0.39, 0.29) is 24.1 Å². The number of anilines is 1. The van der Waals surface area contributed by atoms with E-state index in [1.54, 1.807) is 24.3 Å². The first-order valence-corrected chi connectivity index (χ1v) is 10.1. The number of carbonyl (C=O) groups excluding carboxylic acids is 2. The molecule has 0 saturated carbocycles. The molecule has 0 unspecified atom stereocenters. The second-order valence-electron chi connectivity index (χ2n) is 7.23. The van der Waals surface area contributed by atoms with Crippen molar-refractivity contribution < 1.29 is 14.3 Å². The molecule has 4 aromatic rings. The number of nitrogens with one attached hydrogen (secondary N) is 1. The zero-order chi connectivity index (χ0) is 23.4. The topological polar surface area (TPSA) is 112 Å². The lowest BCUT2D eigenvalue weighted by atomic mass is 10.2. The van der Waals surface area contributed by atoms with Gasteiger partial charge in [-0.25, -0.2) is 14.6 Å². The number of fused-ring (bicyclic) bond motifs is 1. The molecule has 0 aliphatic carbocycles. The number of nitrogens with zero attached hydrogens (tertiary/aromatic N) is 3. The lowest BCUT2D eigenvalue weighted by Gasteiger charge is -2.14.